The summed E-state index contributed by atoms with van der Waals surface area (Å²) >= 11 is 0. The van der Waals surface area contributed by atoms with Crippen LogP contribution in [-0.4, -0.2) is 22.1 Å². The van der Waals surface area contributed by atoms with Crippen LogP contribution in [0.25, 0.3) is 11.0 Å². The summed E-state index contributed by atoms with van der Waals surface area (Å²) in [6.07, 6.45) is -0.287. The van der Waals surface area contributed by atoms with E-state index in [1.54, 1.807) is 49.4 Å². The van der Waals surface area contributed by atoms with Crippen LogP contribution >= 0.6 is 0 Å². The van der Waals surface area contributed by atoms with Crippen LogP contribution in [0, 0.1) is 0 Å². The van der Waals surface area contributed by atoms with Gasteiger partial charge in [0.15, 0.2) is 0 Å². The number of alkyl halides is 1. The lowest BCUT2D eigenvalue weighted by molar-refractivity contribution is 0.0523. The average molecular weight is 326 g/mol. The van der Waals surface area contributed by atoms with E-state index in [9.17, 15) is 9.59 Å². The van der Waals surface area contributed by atoms with Gasteiger partial charge in [-0.05, 0) is 25.1 Å². The van der Waals surface area contributed by atoms with Gasteiger partial charge in [-0.25, -0.2) is 14.2 Å². The van der Waals surface area contributed by atoms with Gasteiger partial charge in [-0.1, -0.05) is 30.3 Å². The van der Waals surface area contributed by atoms with Crippen molar-refractivity contribution in [2.45, 2.75) is 13.2 Å². The Morgan fingerprint density at radius 1 is 1.25 bits per heavy atom. The van der Waals surface area contributed by atoms with E-state index in [0.717, 1.165) is 4.57 Å². The molecule has 6 heteroatoms. The molecule has 0 N–H and O–H groups in total. The number of esters is 1. The Balaban J connectivity index is 2.27. The fraction of sp³-hybridized carbons (Fsp3) is 0.167. The van der Waals surface area contributed by atoms with E-state index < -0.39 is 17.8 Å². The molecule has 0 aliphatic carbocycles. The normalized spacial score (nSPS) is 12.1. The first-order valence-electron chi connectivity index (χ1n) is 7.50. The van der Waals surface area contributed by atoms with Crippen molar-refractivity contribution >= 4 is 17.0 Å². The maximum atomic E-state index is 15.1. The molecule has 0 saturated carbocycles. The SMILES string of the molecule is CCOC(=O)c1cc2cccnc2n(C(F)c2ccccc2)c1=O. The lowest BCUT2D eigenvalue weighted by Gasteiger charge is -2.16. The van der Waals surface area contributed by atoms with Gasteiger partial charge in [-0.2, -0.15) is 0 Å². The summed E-state index contributed by atoms with van der Waals surface area (Å²) in [6, 6.07) is 13.0. The van der Waals surface area contributed by atoms with Gasteiger partial charge in [-0.15, -0.1) is 0 Å². The Morgan fingerprint density at radius 3 is 2.71 bits per heavy atom. The second-order valence-corrected chi connectivity index (χ2v) is 5.12. The van der Waals surface area contributed by atoms with Crippen LogP contribution in [0.2, 0.25) is 0 Å². The van der Waals surface area contributed by atoms with E-state index in [1.165, 1.54) is 12.3 Å². The third-order valence-electron chi connectivity index (χ3n) is 3.59. The summed E-state index contributed by atoms with van der Waals surface area (Å²) in [5.74, 6) is -0.776. The molecular weight excluding hydrogens is 311 g/mol. The number of halogens is 1. The van der Waals surface area contributed by atoms with Gasteiger partial charge in [0.1, 0.15) is 11.2 Å². The molecule has 122 valence electrons. The van der Waals surface area contributed by atoms with Crippen molar-refractivity contribution in [3.05, 3.63) is 76.2 Å². The molecule has 0 aliphatic rings. The standard InChI is InChI=1S/C18H15FN2O3/c1-2-24-18(23)14-11-13-9-6-10-20-16(13)21(17(14)22)15(19)12-7-4-3-5-8-12/h3-11,15H,2H2,1H3. The van der Waals surface area contributed by atoms with Crippen molar-refractivity contribution in [2.75, 3.05) is 6.61 Å². The Hall–Kier alpha value is -3.02. The van der Waals surface area contributed by atoms with Crippen LogP contribution in [-0.2, 0) is 4.74 Å². The number of pyridine rings is 2. The molecule has 1 unspecified atom stereocenters. The quantitative estimate of drug-likeness (QED) is 0.691. The number of ether oxygens (including phenoxy) is 1. The van der Waals surface area contributed by atoms with E-state index in [4.69, 9.17) is 4.74 Å². The van der Waals surface area contributed by atoms with Crippen LogP contribution in [0.3, 0.4) is 0 Å². The van der Waals surface area contributed by atoms with Crippen LogP contribution in [0.5, 0.6) is 0 Å². The van der Waals surface area contributed by atoms with E-state index in [-0.39, 0.29) is 17.8 Å². The van der Waals surface area contributed by atoms with Gasteiger partial charge in [0.2, 0.25) is 6.30 Å². The maximum Gasteiger partial charge on any atom is 0.343 e. The van der Waals surface area contributed by atoms with Crippen molar-refractivity contribution in [1.29, 1.82) is 0 Å². The first-order chi connectivity index (χ1) is 11.6. The summed E-state index contributed by atoms with van der Waals surface area (Å²) in [6.45, 7) is 1.77. The van der Waals surface area contributed by atoms with E-state index in [0.29, 0.717) is 10.9 Å². The number of carbonyl (C=O) groups is 1. The topological polar surface area (TPSA) is 61.2 Å². The predicted molar refractivity (Wildman–Crippen MR) is 87.6 cm³/mol. The molecule has 0 aliphatic heterocycles. The van der Waals surface area contributed by atoms with E-state index >= 15 is 4.39 Å². The fourth-order valence-electron chi connectivity index (χ4n) is 2.49. The van der Waals surface area contributed by atoms with E-state index in [1.807, 2.05) is 0 Å². The van der Waals surface area contributed by atoms with Gasteiger partial charge in [-0.3, -0.25) is 9.36 Å². The highest BCUT2D eigenvalue weighted by molar-refractivity contribution is 5.93. The molecule has 1 aromatic carbocycles. The van der Waals surface area contributed by atoms with Crippen LogP contribution in [0.15, 0.2) is 59.5 Å². The number of hydrogen-bond acceptors (Lipinski definition) is 4. The number of aromatic nitrogens is 2. The van der Waals surface area contributed by atoms with Gasteiger partial charge in [0.05, 0.1) is 6.61 Å². The molecule has 24 heavy (non-hydrogen) atoms. The number of carbonyl (C=O) groups excluding carboxylic acids is 1. The highest BCUT2D eigenvalue weighted by atomic mass is 19.1. The highest BCUT2D eigenvalue weighted by Gasteiger charge is 2.22. The Bertz CT molecular complexity index is 938. The first kappa shape index (κ1) is 15.9. The van der Waals surface area contributed by atoms with Gasteiger partial charge in [0, 0.05) is 17.1 Å². The first-order valence-corrected chi connectivity index (χ1v) is 7.50. The number of rotatable bonds is 4. The van der Waals surface area contributed by atoms with Gasteiger partial charge in [0.25, 0.3) is 5.56 Å². The minimum Gasteiger partial charge on any atom is -0.462 e. The second kappa shape index (κ2) is 6.62. The molecule has 3 aromatic rings. The zero-order valence-electron chi connectivity index (χ0n) is 13.0. The smallest absolute Gasteiger partial charge is 0.343 e. The largest absolute Gasteiger partial charge is 0.462 e. The number of benzene rings is 1. The van der Waals surface area contributed by atoms with Gasteiger partial charge >= 0.3 is 5.97 Å². The number of fused-ring (bicyclic) bond motifs is 1. The van der Waals surface area contributed by atoms with Crippen molar-refractivity contribution in [2.24, 2.45) is 0 Å². The molecule has 0 spiro atoms. The summed E-state index contributed by atoms with van der Waals surface area (Å²) in [7, 11) is 0. The molecule has 0 radical (unpaired) electrons. The Labute approximate surface area is 137 Å². The predicted octanol–water partition coefficient (Wildman–Crippen LogP) is 3.09. The van der Waals surface area contributed by atoms with Crippen molar-refractivity contribution in [3.63, 3.8) is 0 Å². The molecule has 0 saturated heterocycles. The minimum atomic E-state index is -1.76. The highest BCUT2D eigenvalue weighted by Crippen LogP contribution is 2.22. The molecule has 2 aromatic heterocycles. The summed E-state index contributed by atoms with van der Waals surface area (Å²) in [5, 5.41) is 0.485. The molecule has 2 heterocycles. The zero-order chi connectivity index (χ0) is 17.1. The molecule has 0 bridgehead atoms. The average Bonchev–Trinajstić information content (AvgIpc) is 2.61. The van der Waals surface area contributed by atoms with Crippen molar-refractivity contribution in [1.82, 2.24) is 9.55 Å². The van der Waals surface area contributed by atoms with E-state index in [2.05, 4.69) is 4.98 Å². The van der Waals surface area contributed by atoms with Crippen LogP contribution in [0.1, 0.15) is 29.1 Å². The molecule has 5 nitrogen and oxygen atoms in total. The number of nitrogens with zero attached hydrogens (tertiary/aromatic N) is 2. The van der Waals surface area contributed by atoms with Crippen LogP contribution < -0.4 is 5.56 Å². The maximum absolute atomic E-state index is 15.1. The molecule has 3 rings (SSSR count). The van der Waals surface area contributed by atoms with Crippen molar-refractivity contribution < 1.29 is 13.9 Å². The summed E-state index contributed by atoms with van der Waals surface area (Å²) in [5.41, 5.74) is -0.508. The molecule has 0 fully saturated rings. The zero-order valence-corrected chi connectivity index (χ0v) is 13.0. The molecule has 0 amide bonds. The lowest BCUT2D eigenvalue weighted by atomic mass is 10.1. The Morgan fingerprint density at radius 2 is 2.00 bits per heavy atom. The molecule has 1 atom stereocenters. The second-order valence-electron chi connectivity index (χ2n) is 5.12. The monoisotopic (exact) mass is 326 g/mol. The summed E-state index contributed by atoms with van der Waals surface area (Å²) < 4.78 is 20.8. The summed E-state index contributed by atoms with van der Waals surface area (Å²) in [4.78, 5) is 28.8. The third kappa shape index (κ3) is 2.78. The minimum absolute atomic E-state index is 0.126. The fourth-order valence-corrected chi connectivity index (χ4v) is 2.49. The Kier molecular flexibility index (Phi) is 4.37. The van der Waals surface area contributed by atoms with Crippen LogP contribution in [0.4, 0.5) is 4.39 Å². The van der Waals surface area contributed by atoms with Crippen molar-refractivity contribution in [3.8, 4) is 0 Å². The molecular formula is C18H15FN2O3. The third-order valence-corrected chi connectivity index (χ3v) is 3.59. The lowest BCUT2D eigenvalue weighted by Crippen LogP contribution is -2.30. The van der Waals surface area contributed by atoms with Gasteiger partial charge < -0.3 is 4.74 Å². The number of hydrogen-bond donors (Lipinski definition) is 0.